The molecule has 0 aromatic carbocycles. The Morgan fingerprint density at radius 3 is 2.74 bits per heavy atom. The highest BCUT2D eigenvalue weighted by Gasteiger charge is 2.29. The van der Waals surface area contributed by atoms with Gasteiger partial charge in [0.2, 0.25) is 0 Å². The summed E-state index contributed by atoms with van der Waals surface area (Å²) in [6, 6.07) is 0. The fourth-order valence-corrected chi connectivity index (χ4v) is 4.37. The van der Waals surface area contributed by atoms with Gasteiger partial charge in [0.15, 0.2) is 0 Å². The van der Waals surface area contributed by atoms with E-state index in [-0.39, 0.29) is 11.4 Å². The molecule has 4 nitrogen and oxygen atoms in total. The first-order valence-electron chi connectivity index (χ1n) is 7.57. The number of ether oxygens (including phenoxy) is 1. The van der Waals surface area contributed by atoms with Gasteiger partial charge in [-0.15, -0.1) is 0 Å². The van der Waals surface area contributed by atoms with Crippen LogP contribution in [0.3, 0.4) is 0 Å². The molecule has 0 bridgehead atoms. The molecule has 0 radical (unpaired) electrons. The van der Waals surface area contributed by atoms with Gasteiger partial charge < -0.3 is 10.1 Å². The molecule has 0 aromatic rings. The fourth-order valence-electron chi connectivity index (χ4n) is 3.21. The summed E-state index contributed by atoms with van der Waals surface area (Å²) in [6.45, 7) is 3.05. The molecule has 2 fully saturated rings. The molecule has 0 aromatic heterocycles. The SMILES string of the molecule is CS(=O)(=O)C1CCCC(OCCC2CCCNC2)C1. The molecule has 1 heterocycles. The predicted octanol–water partition coefficient (Wildman–Crippen LogP) is 1.75. The van der Waals surface area contributed by atoms with E-state index < -0.39 is 9.84 Å². The second-order valence-electron chi connectivity index (χ2n) is 6.11. The summed E-state index contributed by atoms with van der Waals surface area (Å²) in [7, 11) is -2.89. The van der Waals surface area contributed by atoms with Crippen molar-refractivity contribution in [2.24, 2.45) is 5.92 Å². The van der Waals surface area contributed by atoms with Crippen molar-refractivity contribution >= 4 is 9.84 Å². The molecule has 3 unspecified atom stereocenters. The Bertz CT molecular complexity index is 363. The average molecular weight is 289 g/mol. The fraction of sp³-hybridized carbons (Fsp3) is 1.00. The molecular formula is C14H27NO3S. The van der Waals surface area contributed by atoms with Crippen molar-refractivity contribution in [3.63, 3.8) is 0 Å². The summed E-state index contributed by atoms with van der Waals surface area (Å²) < 4.78 is 29.1. The van der Waals surface area contributed by atoms with E-state index in [0.29, 0.717) is 6.42 Å². The normalized spacial score (nSPS) is 33.2. The maximum Gasteiger partial charge on any atom is 0.150 e. The first-order chi connectivity index (χ1) is 9.05. The van der Waals surface area contributed by atoms with Crippen molar-refractivity contribution in [3.8, 4) is 0 Å². The van der Waals surface area contributed by atoms with Gasteiger partial charge in [-0.25, -0.2) is 8.42 Å². The van der Waals surface area contributed by atoms with Crippen LogP contribution >= 0.6 is 0 Å². The summed E-state index contributed by atoms with van der Waals surface area (Å²) in [5.74, 6) is 0.739. The first-order valence-corrected chi connectivity index (χ1v) is 9.52. The van der Waals surface area contributed by atoms with Crippen LogP contribution in [0.25, 0.3) is 0 Å². The largest absolute Gasteiger partial charge is 0.378 e. The van der Waals surface area contributed by atoms with Gasteiger partial charge in [-0.1, -0.05) is 0 Å². The van der Waals surface area contributed by atoms with E-state index in [1.54, 1.807) is 0 Å². The monoisotopic (exact) mass is 289 g/mol. The van der Waals surface area contributed by atoms with Crippen LogP contribution in [-0.4, -0.2) is 45.7 Å². The van der Waals surface area contributed by atoms with Crippen LogP contribution in [-0.2, 0) is 14.6 Å². The van der Waals surface area contributed by atoms with Crippen molar-refractivity contribution < 1.29 is 13.2 Å². The lowest BCUT2D eigenvalue weighted by molar-refractivity contribution is 0.0208. The second kappa shape index (κ2) is 7.04. The van der Waals surface area contributed by atoms with Gasteiger partial charge in [-0.3, -0.25) is 0 Å². The molecule has 1 N–H and O–H groups in total. The highest BCUT2D eigenvalue weighted by atomic mass is 32.2. The molecule has 1 aliphatic carbocycles. The molecule has 1 saturated heterocycles. The highest BCUT2D eigenvalue weighted by Crippen LogP contribution is 2.26. The van der Waals surface area contributed by atoms with E-state index in [0.717, 1.165) is 51.3 Å². The van der Waals surface area contributed by atoms with Gasteiger partial charge >= 0.3 is 0 Å². The number of sulfone groups is 1. The standard InChI is InChI=1S/C14H27NO3S/c1-19(16,17)14-6-2-5-13(10-14)18-9-7-12-4-3-8-15-11-12/h12-15H,2-11H2,1H3. The predicted molar refractivity (Wildman–Crippen MR) is 77.1 cm³/mol. The summed E-state index contributed by atoms with van der Waals surface area (Å²) in [4.78, 5) is 0. The van der Waals surface area contributed by atoms with Crippen molar-refractivity contribution in [2.75, 3.05) is 26.0 Å². The summed E-state index contributed by atoms with van der Waals surface area (Å²) in [5, 5.41) is 3.24. The summed E-state index contributed by atoms with van der Waals surface area (Å²) in [5.41, 5.74) is 0. The van der Waals surface area contributed by atoms with Gasteiger partial charge in [-0.05, 0) is 64.0 Å². The third-order valence-electron chi connectivity index (χ3n) is 4.46. The van der Waals surface area contributed by atoms with E-state index in [1.807, 2.05) is 0 Å². The van der Waals surface area contributed by atoms with Crippen LogP contribution in [0.1, 0.15) is 44.9 Å². The topological polar surface area (TPSA) is 55.4 Å². The molecule has 3 atom stereocenters. The van der Waals surface area contributed by atoms with Crippen molar-refractivity contribution in [1.82, 2.24) is 5.32 Å². The van der Waals surface area contributed by atoms with Crippen LogP contribution < -0.4 is 5.32 Å². The zero-order valence-electron chi connectivity index (χ0n) is 11.9. The third kappa shape index (κ3) is 5.04. The van der Waals surface area contributed by atoms with Crippen molar-refractivity contribution in [3.05, 3.63) is 0 Å². The molecule has 5 heteroatoms. The van der Waals surface area contributed by atoms with Crippen molar-refractivity contribution in [2.45, 2.75) is 56.3 Å². The van der Waals surface area contributed by atoms with Crippen LogP contribution in [0.15, 0.2) is 0 Å². The Labute approximate surface area is 117 Å². The second-order valence-corrected chi connectivity index (χ2v) is 8.44. The van der Waals surface area contributed by atoms with Gasteiger partial charge in [0.25, 0.3) is 0 Å². The maximum atomic E-state index is 11.6. The summed E-state index contributed by atoms with van der Waals surface area (Å²) >= 11 is 0. The number of hydrogen-bond acceptors (Lipinski definition) is 4. The minimum Gasteiger partial charge on any atom is -0.378 e. The minimum absolute atomic E-state index is 0.157. The third-order valence-corrected chi connectivity index (χ3v) is 6.10. The van der Waals surface area contributed by atoms with Gasteiger partial charge in [-0.2, -0.15) is 0 Å². The molecule has 0 amide bonds. The Hall–Kier alpha value is -0.130. The molecule has 1 saturated carbocycles. The molecule has 112 valence electrons. The lowest BCUT2D eigenvalue weighted by Crippen LogP contribution is -2.33. The van der Waals surface area contributed by atoms with Gasteiger partial charge in [0.1, 0.15) is 9.84 Å². The zero-order valence-corrected chi connectivity index (χ0v) is 12.8. The average Bonchev–Trinajstić information content (AvgIpc) is 2.39. The highest BCUT2D eigenvalue weighted by molar-refractivity contribution is 7.91. The Morgan fingerprint density at radius 2 is 2.05 bits per heavy atom. The first kappa shape index (κ1) is 15.3. The number of nitrogens with one attached hydrogen (secondary N) is 1. The Balaban J connectivity index is 1.67. The molecule has 2 aliphatic rings. The van der Waals surface area contributed by atoms with Gasteiger partial charge in [0, 0.05) is 12.9 Å². The molecule has 2 rings (SSSR count). The van der Waals surface area contributed by atoms with E-state index in [4.69, 9.17) is 4.74 Å². The number of rotatable bonds is 5. The van der Waals surface area contributed by atoms with Gasteiger partial charge in [0.05, 0.1) is 11.4 Å². The maximum absolute atomic E-state index is 11.6. The summed E-state index contributed by atoms with van der Waals surface area (Å²) in [6.07, 6.45) is 8.69. The number of piperidine rings is 1. The Kier molecular flexibility index (Phi) is 5.66. The van der Waals surface area contributed by atoms with E-state index >= 15 is 0 Å². The number of hydrogen-bond donors (Lipinski definition) is 1. The molecular weight excluding hydrogens is 262 g/mol. The Morgan fingerprint density at radius 1 is 1.21 bits per heavy atom. The van der Waals surface area contributed by atoms with E-state index in [9.17, 15) is 8.42 Å². The zero-order chi connectivity index (χ0) is 13.7. The van der Waals surface area contributed by atoms with E-state index in [1.165, 1.54) is 19.1 Å². The minimum atomic E-state index is -2.89. The van der Waals surface area contributed by atoms with Crippen LogP contribution in [0.5, 0.6) is 0 Å². The van der Waals surface area contributed by atoms with E-state index in [2.05, 4.69) is 5.32 Å². The molecule has 19 heavy (non-hydrogen) atoms. The van der Waals surface area contributed by atoms with Crippen LogP contribution in [0.2, 0.25) is 0 Å². The van der Waals surface area contributed by atoms with Crippen LogP contribution in [0, 0.1) is 5.92 Å². The smallest absolute Gasteiger partial charge is 0.150 e. The van der Waals surface area contributed by atoms with Crippen molar-refractivity contribution in [1.29, 1.82) is 0 Å². The molecule has 1 aliphatic heterocycles. The lowest BCUT2D eigenvalue weighted by atomic mass is 9.95. The molecule has 0 spiro atoms. The lowest BCUT2D eigenvalue weighted by Gasteiger charge is -2.29. The quantitative estimate of drug-likeness (QED) is 0.838. The van der Waals surface area contributed by atoms with Crippen LogP contribution in [0.4, 0.5) is 0 Å².